The fourth-order valence-electron chi connectivity index (χ4n) is 6.09. The fourth-order valence-corrected chi connectivity index (χ4v) is 6.43. The van der Waals surface area contributed by atoms with Gasteiger partial charge in [-0.15, -0.1) is 0 Å². The number of hydrogen-bond donors (Lipinski definition) is 0. The lowest BCUT2D eigenvalue weighted by molar-refractivity contribution is -0.119. The molecule has 0 N–H and O–H groups in total. The molecule has 2 aliphatic rings. The highest BCUT2D eigenvalue weighted by molar-refractivity contribution is 6.31. The first-order valence-electron chi connectivity index (χ1n) is 12.4. The van der Waals surface area contributed by atoms with Crippen LogP contribution in [-0.4, -0.2) is 28.9 Å². The number of carbonyl (C=O) groups excluding carboxylic acids is 2. The van der Waals surface area contributed by atoms with E-state index < -0.39 is 52.4 Å². The van der Waals surface area contributed by atoms with Gasteiger partial charge in [-0.3, -0.25) is 4.79 Å². The van der Waals surface area contributed by atoms with Gasteiger partial charge < -0.3 is 4.90 Å². The number of hydrogen-bond acceptors (Lipinski definition) is 3. The number of imide groups is 1. The van der Waals surface area contributed by atoms with E-state index in [9.17, 15) is 14.9 Å². The van der Waals surface area contributed by atoms with Crippen LogP contribution < -0.4 is 4.90 Å². The van der Waals surface area contributed by atoms with Gasteiger partial charge >= 0.3 is 6.03 Å². The van der Waals surface area contributed by atoms with Crippen molar-refractivity contribution in [2.24, 2.45) is 5.41 Å². The zero-order valence-corrected chi connectivity index (χ0v) is 23.0. The Bertz CT molecular complexity index is 1520. The molecule has 0 saturated carbocycles. The van der Waals surface area contributed by atoms with Gasteiger partial charge in [-0.1, -0.05) is 80.4 Å². The molecule has 3 aromatic carbocycles. The van der Waals surface area contributed by atoms with E-state index >= 15 is 8.78 Å². The number of fused-ring (bicyclic) bond motifs is 1. The summed E-state index contributed by atoms with van der Waals surface area (Å²) in [6.07, 6.45) is 0.222. The van der Waals surface area contributed by atoms with Gasteiger partial charge in [-0.25, -0.2) is 18.5 Å². The summed E-state index contributed by atoms with van der Waals surface area (Å²) in [5, 5.41) is 10.9. The van der Waals surface area contributed by atoms with Gasteiger partial charge in [0.05, 0.1) is 22.8 Å². The van der Waals surface area contributed by atoms with Crippen molar-refractivity contribution in [1.82, 2.24) is 4.90 Å². The topological polar surface area (TPSA) is 64.4 Å². The molecule has 9 heteroatoms. The van der Waals surface area contributed by atoms with Crippen LogP contribution in [0.25, 0.3) is 0 Å². The number of nitrogens with zero attached hydrogens (tertiary/aromatic N) is 3. The molecule has 0 radical (unpaired) electrons. The maximum atomic E-state index is 15.8. The van der Waals surface area contributed by atoms with Crippen LogP contribution in [-0.2, 0) is 10.2 Å². The molecule has 0 bridgehead atoms. The monoisotopic (exact) mass is 567 g/mol. The molecule has 3 amide bonds. The van der Waals surface area contributed by atoms with Crippen LogP contribution in [0.3, 0.4) is 0 Å². The average molecular weight is 568 g/mol. The third-order valence-electron chi connectivity index (χ3n) is 7.55. The fraction of sp³-hybridized carbons (Fsp3) is 0.300. The highest BCUT2D eigenvalue weighted by atomic mass is 35.5. The number of para-hydroxylation sites is 1. The lowest BCUT2D eigenvalue weighted by atomic mass is 9.62. The first kappa shape index (κ1) is 27.1. The predicted octanol–water partition coefficient (Wildman–Crippen LogP) is 7.47. The summed E-state index contributed by atoms with van der Waals surface area (Å²) in [5.41, 5.74) is -2.06. The van der Waals surface area contributed by atoms with Gasteiger partial charge in [0.1, 0.15) is 23.1 Å². The maximum Gasteiger partial charge on any atom is 0.332 e. The molecule has 5 rings (SSSR count). The van der Waals surface area contributed by atoms with Crippen molar-refractivity contribution in [1.29, 1.82) is 5.26 Å². The Morgan fingerprint density at radius 3 is 2.31 bits per heavy atom. The minimum Gasteiger partial charge on any atom is -0.306 e. The first-order valence-corrected chi connectivity index (χ1v) is 13.2. The van der Waals surface area contributed by atoms with Gasteiger partial charge in [0.25, 0.3) is 5.91 Å². The maximum absolute atomic E-state index is 15.8. The highest BCUT2D eigenvalue weighted by Gasteiger charge is 2.70. The lowest BCUT2D eigenvalue weighted by Gasteiger charge is -2.39. The second kappa shape index (κ2) is 9.62. The van der Waals surface area contributed by atoms with Crippen molar-refractivity contribution < 1.29 is 18.4 Å². The van der Waals surface area contributed by atoms with E-state index in [1.54, 1.807) is 30.3 Å². The van der Waals surface area contributed by atoms with Crippen molar-refractivity contribution in [3.05, 3.63) is 99.5 Å². The summed E-state index contributed by atoms with van der Waals surface area (Å²) in [6, 6.07) is 16.0. The Labute approximate surface area is 235 Å². The van der Waals surface area contributed by atoms with Crippen LogP contribution in [0.2, 0.25) is 10.0 Å². The van der Waals surface area contributed by atoms with Gasteiger partial charge in [0.15, 0.2) is 0 Å². The van der Waals surface area contributed by atoms with Crippen LogP contribution in [0.5, 0.6) is 0 Å². The molecule has 5 nitrogen and oxygen atoms in total. The van der Waals surface area contributed by atoms with E-state index in [-0.39, 0.29) is 27.6 Å². The van der Waals surface area contributed by atoms with Gasteiger partial charge in [0.2, 0.25) is 0 Å². The lowest BCUT2D eigenvalue weighted by Crippen LogP contribution is -2.49. The smallest absolute Gasteiger partial charge is 0.306 e. The molecule has 0 unspecified atom stereocenters. The minimum absolute atomic E-state index is 0.0409. The van der Waals surface area contributed by atoms with Gasteiger partial charge in [-0.05, 0) is 47.7 Å². The van der Waals surface area contributed by atoms with Crippen LogP contribution >= 0.6 is 23.2 Å². The summed E-state index contributed by atoms with van der Waals surface area (Å²) >= 11 is 12.2. The van der Waals surface area contributed by atoms with Crippen molar-refractivity contribution in [3.8, 4) is 6.07 Å². The van der Waals surface area contributed by atoms with E-state index in [2.05, 4.69) is 6.07 Å². The quantitative estimate of drug-likeness (QED) is 0.307. The van der Waals surface area contributed by atoms with Crippen molar-refractivity contribution in [2.75, 3.05) is 4.90 Å². The Morgan fingerprint density at radius 2 is 1.69 bits per heavy atom. The number of halogens is 4. The Balaban J connectivity index is 1.85. The zero-order valence-electron chi connectivity index (χ0n) is 21.5. The molecule has 2 saturated heterocycles. The molecule has 0 aliphatic carbocycles. The standard InChI is InChI=1S/C30H25Cl2F2N3O2/c1-29(2,3)15-23-30(16-35,20-13-12-17(31)14-22(20)33)24(19-10-7-11-21(32)25(19)34)26-27(38)36(28(39)37(23)26)18-8-5-4-6-9-18/h4-14,23-24,26H,15H2,1-3H3/t23-,24-,26+,30-/m0/s1. The Kier molecular flexibility index (Phi) is 6.69. The number of amides is 3. The summed E-state index contributed by atoms with van der Waals surface area (Å²) in [6.45, 7) is 5.77. The van der Waals surface area contributed by atoms with E-state index in [1.165, 1.54) is 35.2 Å². The predicted molar refractivity (Wildman–Crippen MR) is 146 cm³/mol. The SMILES string of the molecule is CC(C)(C)C[C@@H]1N2C(=O)N(c3ccccc3)C(=O)[C@H]2[C@H](c2cccc(Cl)c2F)[C@@]1(C#N)c1ccc(Cl)cc1F. The third-order valence-corrected chi connectivity index (χ3v) is 8.08. The summed E-state index contributed by atoms with van der Waals surface area (Å²) in [4.78, 5) is 30.6. The zero-order chi connectivity index (χ0) is 28.3. The minimum atomic E-state index is -1.84. The van der Waals surface area contributed by atoms with Crippen LogP contribution in [0.1, 0.15) is 44.2 Å². The molecule has 39 heavy (non-hydrogen) atoms. The Morgan fingerprint density at radius 1 is 1.00 bits per heavy atom. The first-order chi connectivity index (χ1) is 18.4. The summed E-state index contributed by atoms with van der Waals surface area (Å²) in [7, 11) is 0. The normalized spacial score (nSPS) is 24.7. The van der Waals surface area contributed by atoms with E-state index in [0.29, 0.717) is 5.69 Å². The van der Waals surface area contributed by atoms with E-state index in [0.717, 1.165) is 11.0 Å². The molecule has 4 atom stereocenters. The average Bonchev–Trinajstić information content (AvgIpc) is 3.29. The van der Waals surface area contributed by atoms with Crippen molar-refractivity contribution in [2.45, 2.75) is 50.6 Å². The van der Waals surface area contributed by atoms with Crippen LogP contribution in [0.4, 0.5) is 19.3 Å². The molecule has 0 aromatic heterocycles. The van der Waals surface area contributed by atoms with Gasteiger partial charge in [0, 0.05) is 16.5 Å². The highest BCUT2D eigenvalue weighted by Crippen LogP contribution is 2.58. The second-order valence-electron chi connectivity index (χ2n) is 11.2. The van der Waals surface area contributed by atoms with Crippen molar-refractivity contribution in [3.63, 3.8) is 0 Å². The molecule has 3 aromatic rings. The van der Waals surface area contributed by atoms with E-state index in [4.69, 9.17) is 23.2 Å². The number of rotatable bonds is 4. The second-order valence-corrected chi connectivity index (χ2v) is 12.0. The molecule has 2 fully saturated rings. The third kappa shape index (κ3) is 4.18. The molecular formula is C30H25Cl2F2N3O2. The largest absolute Gasteiger partial charge is 0.332 e. The number of anilines is 1. The molecule has 0 spiro atoms. The van der Waals surface area contributed by atoms with Crippen LogP contribution in [0.15, 0.2) is 66.7 Å². The number of urea groups is 1. The molecule has 2 aliphatic heterocycles. The van der Waals surface area contributed by atoms with E-state index in [1.807, 2.05) is 20.8 Å². The molecule has 200 valence electrons. The molecular weight excluding hydrogens is 543 g/mol. The number of benzene rings is 3. The summed E-state index contributed by atoms with van der Waals surface area (Å²) in [5.74, 6) is -3.50. The van der Waals surface area contributed by atoms with Crippen molar-refractivity contribution >= 4 is 40.8 Å². The number of carbonyl (C=O) groups is 2. The molecule has 2 heterocycles. The Hall–Kier alpha value is -3.47. The number of nitriles is 1. The van der Waals surface area contributed by atoms with Gasteiger partial charge in [-0.2, -0.15) is 5.26 Å². The summed E-state index contributed by atoms with van der Waals surface area (Å²) < 4.78 is 31.6. The van der Waals surface area contributed by atoms with Crippen LogP contribution in [0, 0.1) is 28.4 Å².